The topological polar surface area (TPSA) is 81.7 Å². The standard InChI is InChI=1S/C10H12N6S/c1-2-16-6-7(5-13-16)14-10-8(9(11)17)3-4-12-15-10/h3-6H,2H2,1H3,(H2,11,17)(H,14,15). The Hall–Kier alpha value is -2.02. The molecule has 0 aromatic carbocycles. The highest BCUT2D eigenvalue weighted by Crippen LogP contribution is 2.16. The number of aromatic nitrogens is 4. The number of hydrogen-bond acceptors (Lipinski definition) is 5. The van der Waals surface area contributed by atoms with Crippen molar-refractivity contribution in [3.63, 3.8) is 0 Å². The summed E-state index contributed by atoms with van der Waals surface area (Å²) in [5.41, 5.74) is 7.09. The van der Waals surface area contributed by atoms with Crippen molar-refractivity contribution in [1.29, 1.82) is 0 Å². The van der Waals surface area contributed by atoms with E-state index in [1.54, 1.807) is 23.1 Å². The number of hydrogen-bond donors (Lipinski definition) is 2. The van der Waals surface area contributed by atoms with Crippen LogP contribution in [0.2, 0.25) is 0 Å². The van der Waals surface area contributed by atoms with Gasteiger partial charge in [-0.3, -0.25) is 4.68 Å². The summed E-state index contributed by atoms with van der Waals surface area (Å²) in [6.07, 6.45) is 5.13. The highest BCUT2D eigenvalue weighted by atomic mass is 32.1. The van der Waals surface area contributed by atoms with Crippen molar-refractivity contribution in [2.24, 2.45) is 5.73 Å². The van der Waals surface area contributed by atoms with E-state index >= 15 is 0 Å². The summed E-state index contributed by atoms with van der Waals surface area (Å²) >= 11 is 4.94. The van der Waals surface area contributed by atoms with E-state index in [2.05, 4.69) is 20.6 Å². The molecule has 0 radical (unpaired) electrons. The summed E-state index contributed by atoms with van der Waals surface area (Å²) in [6, 6.07) is 1.72. The molecule has 17 heavy (non-hydrogen) atoms. The minimum Gasteiger partial charge on any atom is -0.389 e. The summed E-state index contributed by atoms with van der Waals surface area (Å²) in [5.74, 6) is 0.538. The van der Waals surface area contributed by atoms with E-state index in [-0.39, 0.29) is 4.99 Å². The van der Waals surface area contributed by atoms with E-state index in [1.165, 1.54) is 0 Å². The van der Waals surface area contributed by atoms with Gasteiger partial charge in [-0.15, -0.1) is 5.10 Å². The Morgan fingerprint density at radius 3 is 3.06 bits per heavy atom. The van der Waals surface area contributed by atoms with Gasteiger partial charge >= 0.3 is 0 Å². The molecule has 2 aromatic rings. The van der Waals surface area contributed by atoms with E-state index < -0.39 is 0 Å². The van der Waals surface area contributed by atoms with Crippen LogP contribution in [0.1, 0.15) is 12.5 Å². The van der Waals surface area contributed by atoms with Gasteiger partial charge < -0.3 is 11.1 Å². The first kappa shape index (κ1) is 11.5. The summed E-state index contributed by atoms with van der Waals surface area (Å²) in [4.78, 5) is 0.283. The third-order valence-electron chi connectivity index (χ3n) is 2.21. The Morgan fingerprint density at radius 2 is 2.41 bits per heavy atom. The van der Waals surface area contributed by atoms with Crippen molar-refractivity contribution in [2.75, 3.05) is 5.32 Å². The maximum atomic E-state index is 5.60. The average Bonchev–Trinajstić information content (AvgIpc) is 2.77. The van der Waals surface area contributed by atoms with Crippen molar-refractivity contribution in [2.45, 2.75) is 13.5 Å². The summed E-state index contributed by atoms with van der Waals surface area (Å²) in [7, 11) is 0. The molecule has 0 aliphatic rings. The van der Waals surface area contributed by atoms with Gasteiger partial charge in [-0.05, 0) is 13.0 Å². The van der Waals surface area contributed by atoms with Gasteiger partial charge in [-0.25, -0.2) is 0 Å². The molecule has 7 heteroatoms. The van der Waals surface area contributed by atoms with E-state index in [0.717, 1.165) is 12.2 Å². The maximum absolute atomic E-state index is 5.60. The Morgan fingerprint density at radius 1 is 1.59 bits per heavy atom. The Bertz CT molecular complexity index is 535. The van der Waals surface area contributed by atoms with Crippen LogP contribution in [0.3, 0.4) is 0 Å². The number of nitrogens with two attached hydrogens (primary N) is 1. The molecule has 0 saturated heterocycles. The molecule has 0 aliphatic carbocycles. The summed E-state index contributed by atoms with van der Waals surface area (Å²) in [5, 5.41) is 15.0. The predicted octanol–water partition coefficient (Wildman–Crippen LogP) is 1.07. The average molecular weight is 248 g/mol. The van der Waals surface area contributed by atoms with Crippen molar-refractivity contribution in [3.05, 3.63) is 30.2 Å². The van der Waals surface area contributed by atoms with Gasteiger partial charge in [0.15, 0.2) is 5.82 Å². The molecule has 0 aliphatic heterocycles. The molecule has 3 N–H and O–H groups in total. The number of anilines is 2. The lowest BCUT2D eigenvalue weighted by Crippen LogP contribution is -2.13. The molecule has 0 saturated carbocycles. The van der Waals surface area contributed by atoms with Crippen LogP contribution in [-0.2, 0) is 6.54 Å². The van der Waals surface area contributed by atoms with E-state index in [1.807, 2.05) is 13.1 Å². The van der Waals surface area contributed by atoms with Crippen LogP contribution < -0.4 is 11.1 Å². The number of rotatable bonds is 4. The second kappa shape index (κ2) is 4.88. The zero-order chi connectivity index (χ0) is 12.3. The van der Waals surface area contributed by atoms with Crippen LogP contribution in [0, 0.1) is 0 Å². The molecule has 88 valence electrons. The van der Waals surface area contributed by atoms with Crippen molar-refractivity contribution >= 4 is 28.7 Å². The Labute approximate surface area is 104 Å². The molecule has 2 rings (SSSR count). The fraction of sp³-hybridized carbons (Fsp3) is 0.200. The molecular formula is C10H12N6S. The normalized spacial score (nSPS) is 10.2. The zero-order valence-electron chi connectivity index (χ0n) is 9.29. The van der Waals surface area contributed by atoms with Gasteiger partial charge in [0.1, 0.15) is 4.99 Å². The lowest BCUT2D eigenvalue weighted by Gasteiger charge is -2.06. The molecule has 0 unspecified atom stereocenters. The molecule has 6 nitrogen and oxygen atoms in total. The number of nitrogens with one attached hydrogen (secondary N) is 1. The molecule has 2 aromatic heterocycles. The molecule has 0 amide bonds. The highest BCUT2D eigenvalue weighted by Gasteiger charge is 2.07. The summed E-state index contributed by atoms with van der Waals surface area (Å²) < 4.78 is 1.80. The first-order valence-electron chi connectivity index (χ1n) is 5.11. The second-order valence-electron chi connectivity index (χ2n) is 3.37. The van der Waals surface area contributed by atoms with Crippen LogP contribution >= 0.6 is 12.2 Å². The van der Waals surface area contributed by atoms with Crippen LogP contribution in [0.5, 0.6) is 0 Å². The third-order valence-corrected chi connectivity index (χ3v) is 2.43. The minimum absolute atomic E-state index is 0.283. The molecule has 0 fully saturated rings. The van der Waals surface area contributed by atoms with E-state index in [9.17, 15) is 0 Å². The van der Waals surface area contributed by atoms with Crippen LogP contribution in [0.25, 0.3) is 0 Å². The van der Waals surface area contributed by atoms with Crippen LogP contribution in [-0.4, -0.2) is 25.0 Å². The molecular weight excluding hydrogens is 236 g/mol. The zero-order valence-corrected chi connectivity index (χ0v) is 10.1. The van der Waals surface area contributed by atoms with Crippen molar-refractivity contribution in [3.8, 4) is 0 Å². The van der Waals surface area contributed by atoms with E-state index in [4.69, 9.17) is 18.0 Å². The third kappa shape index (κ3) is 2.56. The molecule has 0 bridgehead atoms. The first-order chi connectivity index (χ1) is 8.20. The van der Waals surface area contributed by atoms with Gasteiger partial charge in [-0.1, -0.05) is 12.2 Å². The lowest BCUT2D eigenvalue weighted by molar-refractivity contribution is 0.660. The lowest BCUT2D eigenvalue weighted by atomic mass is 10.3. The SMILES string of the molecule is CCn1cc(Nc2nnccc2C(N)=S)cn1. The molecule has 2 heterocycles. The number of thiocarbonyl (C=S) groups is 1. The number of nitrogens with zero attached hydrogens (tertiary/aromatic N) is 4. The van der Waals surface area contributed by atoms with Gasteiger partial charge in [0.25, 0.3) is 0 Å². The van der Waals surface area contributed by atoms with Gasteiger partial charge in [0, 0.05) is 12.7 Å². The summed E-state index contributed by atoms with van der Waals surface area (Å²) in [6.45, 7) is 2.82. The van der Waals surface area contributed by atoms with Crippen molar-refractivity contribution in [1.82, 2.24) is 20.0 Å². The van der Waals surface area contributed by atoms with Gasteiger partial charge in [-0.2, -0.15) is 10.2 Å². The van der Waals surface area contributed by atoms with Crippen LogP contribution in [0.15, 0.2) is 24.7 Å². The second-order valence-corrected chi connectivity index (χ2v) is 3.81. The van der Waals surface area contributed by atoms with Crippen molar-refractivity contribution < 1.29 is 0 Å². The first-order valence-corrected chi connectivity index (χ1v) is 5.52. The molecule has 0 spiro atoms. The maximum Gasteiger partial charge on any atom is 0.163 e. The monoisotopic (exact) mass is 248 g/mol. The van der Waals surface area contributed by atoms with Crippen LogP contribution in [0.4, 0.5) is 11.5 Å². The smallest absolute Gasteiger partial charge is 0.163 e. The largest absolute Gasteiger partial charge is 0.389 e. The fourth-order valence-corrected chi connectivity index (χ4v) is 1.53. The predicted molar refractivity (Wildman–Crippen MR) is 69.1 cm³/mol. The van der Waals surface area contributed by atoms with Gasteiger partial charge in [0.05, 0.1) is 23.6 Å². The van der Waals surface area contributed by atoms with E-state index in [0.29, 0.717) is 11.4 Å². The Kier molecular flexibility index (Phi) is 3.29. The number of aryl methyl sites for hydroxylation is 1. The fourth-order valence-electron chi connectivity index (χ4n) is 1.36. The molecule has 0 atom stereocenters. The highest BCUT2D eigenvalue weighted by molar-refractivity contribution is 7.80. The minimum atomic E-state index is 0.283. The Balaban J connectivity index is 2.26. The van der Waals surface area contributed by atoms with Gasteiger partial charge in [0.2, 0.25) is 0 Å². The quantitative estimate of drug-likeness (QED) is 0.788.